The van der Waals surface area contributed by atoms with Gasteiger partial charge in [-0.05, 0) is 24.7 Å². The summed E-state index contributed by atoms with van der Waals surface area (Å²) in [6.45, 7) is 2.67. The van der Waals surface area contributed by atoms with Crippen LogP contribution in [0.4, 0.5) is 4.79 Å². The van der Waals surface area contributed by atoms with E-state index in [9.17, 15) is 9.59 Å². The largest absolute Gasteiger partial charge is 0.480 e. The molecule has 0 aromatic rings. The van der Waals surface area contributed by atoms with E-state index in [1.807, 2.05) is 0 Å². The molecule has 0 radical (unpaired) electrons. The van der Waals surface area contributed by atoms with Gasteiger partial charge in [0.05, 0.1) is 0 Å². The molecule has 1 fully saturated rings. The first-order valence-electron chi connectivity index (χ1n) is 6.19. The lowest BCUT2D eigenvalue weighted by Gasteiger charge is -2.27. The van der Waals surface area contributed by atoms with E-state index in [1.165, 1.54) is 24.8 Å². The van der Waals surface area contributed by atoms with Crippen LogP contribution in [0.15, 0.2) is 0 Å². The van der Waals surface area contributed by atoms with Gasteiger partial charge in [0.1, 0.15) is 6.54 Å². The smallest absolute Gasteiger partial charge is 0.323 e. The van der Waals surface area contributed by atoms with Crippen LogP contribution in [0.1, 0.15) is 32.6 Å². The number of amides is 2. The van der Waals surface area contributed by atoms with Crippen molar-refractivity contribution in [1.82, 2.24) is 10.2 Å². The number of carbonyl (C=O) groups excluding carboxylic acids is 1. The fourth-order valence-electron chi connectivity index (χ4n) is 2.17. The first-order chi connectivity index (χ1) is 7.99. The molecule has 0 atom stereocenters. The standard InChI is InChI=1S/C12H22N2O3/c1-9-3-5-10(6-4-9)7-13-12(17)14(2)8-11(15)16/h9-10H,3-8H2,1-2H3,(H,13,17)(H,15,16). The van der Waals surface area contributed by atoms with Crippen molar-refractivity contribution < 1.29 is 14.7 Å². The van der Waals surface area contributed by atoms with Gasteiger partial charge in [-0.2, -0.15) is 0 Å². The van der Waals surface area contributed by atoms with Crippen molar-refractivity contribution >= 4 is 12.0 Å². The Morgan fingerprint density at radius 1 is 1.29 bits per heavy atom. The van der Waals surface area contributed by atoms with E-state index in [-0.39, 0.29) is 12.6 Å². The second-order valence-corrected chi connectivity index (χ2v) is 5.06. The van der Waals surface area contributed by atoms with Crippen molar-refractivity contribution in [1.29, 1.82) is 0 Å². The van der Waals surface area contributed by atoms with E-state index >= 15 is 0 Å². The number of nitrogens with zero attached hydrogens (tertiary/aromatic N) is 1. The highest BCUT2D eigenvalue weighted by atomic mass is 16.4. The Kier molecular flexibility index (Phi) is 5.25. The second-order valence-electron chi connectivity index (χ2n) is 5.06. The molecule has 0 saturated heterocycles. The summed E-state index contributed by atoms with van der Waals surface area (Å²) >= 11 is 0. The van der Waals surface area contributed by atoms with Crippen LogP contribution < -0.4 is 5.32 Å². The highest BCUT2D eigenvalue weighted by Crippen LogP contribution is 2.27. The molecule has 1 aliphatic rings. The lowest BCUT2D eigenvalue weighted by Crippen LogP contribution is -2.42. The number of likely N-dealkylation sites (N-methyl/N-ethyl adjacent to an activating group) is 1. The van der Waals surface area contributed by atoms with Crippen molar-refractivity contribution in [2.45, 2.75) is 32.6 Å². The molecule has 0 aliphatic heterocycles. The molecule has 2 N–H and O–H groups in total. The predicted octanol–water partition coefficient (Wildman–Crippen LogP) is 1.54. The number of carboxylic acid groups (broad SMARTS) is 1. The molecule has 98 valence electrons. The minimum Gasteiger partial charge on any atom is -0.480 e. The number of aliphatic carboxylic acids is 1. The van der Waals surface area contributed by atoms with Crippen LogP contribution in [0.5, 0.6) is 0 Å². The Balaban J connectivity index is 2.21. The fraction of sp³-hybridized carbons (Fsp3) is 0.833. The summed E-state index contributed by atoms with van der Waals surface area (Å²) in [5.41, 5.74) is 0. The van der Waals surface area contributed by atoms with Gasteiger partial charge in [-0.1, -0.05) is 19.8 Å². The Bertz CT molecular complexity index is 273. The quantitative estimate of drug-likeness (QED) is 0.785. The normalized spacial score (nSPS) is 24.1. The Morgan fingerprint density at radius 2 is 1.88 bits per heavy atom. The monoisotopic (exact) mass is 242 g/mol. The average Bonchev–Trinajstić information content (AvgIpc) is 2.27. The van der Waals surface area contributed by atoms with Gasteiger partial charge in [0, 0.05) is 13.6 Å². The van der Waals surface area contributed by atoms with Gasteiger partial charge >= 0.3 is 12.0 Å². The minimum absolute atomic E-state index is 0.256. The number of urea groups is 1. The molecule has 0 bridgehead atoms. The van der Waals surface area contributed by atoms with Crippen LogP contribution in [0.3, 0.4) is 0 Å². The average molecular weight is 242 g/mol. The van der Waals surface area contributed by atoms with E-state index in [0.29, 0.717) is 12.5 Å². The maximum absolute atomic E-state index is 11.5. The molecule has 1 rings (SSSR count). The number of hydrogen-bond acceptors (Lipinski definition) is 2. The molecule has 1 aliphatic carbocycles. The van der Waals surface area contributed by atoms with Gasteiger partial charge in [0.15, 0.2) is 0 Å². The molecule has 1 saturated carbocycles. The SMILES string of the molecule is CC1CCC(CNC(=O)N(C)CC(=O)O)CC1. The Morgan fingerprint density at radius 3 is 2.41 bits per heavy atom. The zero-order chi connectivity index (χ0) is 12.8. The van der Waals surface area contributed by atoms with Gasteiger partial charge in [-0.3, -0.25) is 4.79 Å². The summed E-state index contributed by atoms with van der Waals surface area (Å²) in [6, 6.07) is -0.300. The van der Waals surface area contributed by atoms with Gasteiger partial charge < -0.3 is 15.3 Å². The van der Waals surface area contributed by atoms with Crippen molar-refractivity contribution in [3.63, 3.8) is 0 Å². The Labute approximate surface area is 102 Å². The molecule has 17 heavy (non-hydrogen) atoms. The van der Waals surface area contributed by atoms with E-state index < -0.39 is 5.97 Å². The highest BCUT2D eigenvalue weighted by Gasteiger charge is 2.19. The summed E-state index contributed by atoms with van der Waals surface area (Å²) in [5.74, 6) is 0.360. The maximum atomic E-state index is 11.5. The van der Waals surface area contributed by atoms with Crippen LogP contribution in [0.25, 0.3) is 0 Å². The zero-order valence-corrected chi connectivity index (χ0v) is 10.6. The lowest BCUT2D eigenvalue weighted by molar-refractivity contribution is -0.137. The van der Waals surface area contributed by atoms with Crippen molar-refractivity contribution in [2.75, 3.05) is 20.1 Å². The molecule has 2 amide bonds. The maximum Gasteiger partial charge on any atom is 0.323 e. The first kappa shape index (κ1) is 13.8. The summed E-state index contributed by atoms with van der Waals surface area (Å²) in [6.07, 6.45) is 4.77. The summed E-state index contributed by atoms with van der Waals surface area (Å²) in [5, 5.41) is 11.4. The number of rotatable bonds is 4. The molecule has 0 aromatic carbocycles. The summed E-state index contributed by atoms with van der Waals surface area (Å²) in [7, 11) is 1.49. The molecule has 0 aromatic heterocycles. The summed E-state index contributed by atoms with van der Waals surface area (Å²) in [4.78, 5) is 23.2. The molecular weight excluding hydrogens is 220 g/mol. The number of nitrogens with one attached hydrogen (secondary N) is 1. The topological polar surface area (TPSA) is 69.6 Å². The van der Waals surface area contributed by atoms with Crippen LogP contribution in [-0.4, -0.2) is 42.1 Å². The fourth-order valence-corrected chi connectivity index (χ4v) is 2.17. The third-order valence-corrected chi connectivity index (χ3v) is 3.40. The molecule has 0 spiro atoms. The summed E-state index contributed by atoms with van der Waals surface area (Å²) < 4.78 is 0. The van der Waals surface area contributed by atoms with E-state index in [0.717, 1.165) is 18.8 Å². The molecule has 0 heterocycles. The lowest BCUT2D eigenvalue weighted by atomic mass is 9.83. The van der Waals surface area contributed by atoms with Crippen molar-refractivity contribution in [3.05, 3.63) is 0 Å². The van der Waals surface area contributed by atoms with Crippen LogP contribution >= 0.6 is 0 Å². The van der Waals surface area contributed by atoms with Crippen LogP contribution in [-0.2, 0) is 4.79 Å². The predicted molar refractivity (Wildman–Crippen MR) is 64.8 cm³/mol. The minimum atomic E-state index is -0.992. The molecule has 5 nitrogen and oxygen atoms in total. The van der Waals surface area contributed by atoms with Crippen LogP contribution in [0, 0.1) is 11.8 Å². The van der Waals surface area contributed by atoms with Gasteiger partial charge in [0.25, 0.3) is 0 Å². The van der Waals surface area contributed by atoms with Crippen molar-refractivity contribution in [2.24, 2.45) is 11.8 Å². The molecular formula is C12H22N2O3. The Hall–Kier alpha value is -1.26. The highest BCUT2D eigenvalue weighted by molar-refractivity contribution is 5.79. The van der Waals surface area contributed by atoms with Gasteiger partial charge in [-0.25, -0.2) is 4.79 Å². The molecule has 0 unspecified atom stereocenters. The first-order valence-corrected chi connectivity index (χ1v) is 6.19. The second kappa shape index (κ2) is 6.47. The van der Waals surface area contributed by atoms with Crippen LogP contribution in [0.2, 0.25) is 0 Å². The number of hydrogen-bond donors (Lipinski definition) is 2. The number of carboxylic acids is 1. The zero-order valence-electron chi connectivity index (χ0n) is 10.6. The van der Waals surface area contributed by atoms with E-state index in [2.05, 4.69) is 12.2 Å². The van der Waals surface area contributed by atoms with E-state index in [1.54, 1.807) is 0 Å². The van der Waals surface area contributed by atoms with Gasteiger partial charge in [0.2, 0.25) is 0 Å². The van der Waals surface area contributed by atoms with Gasteiger partial charge in [-0.15, -0.1) is 0 Å². The molecule has 5 heteroatoms. The van der Waals surface area contributed by atoms with Crippen molar-refractivity contribution in [3.8, 4) is 0 Å². The third-order valence-electron chi connectivity index (χ3n) is 3.40. The third kappa shape index (κ3) is 5.06. The van der Waals surface area contributed by atoms with E-state index in [4.69, 9.17) is 5.11 Å². The number of carbonyl (C=O) groups is 2.